The van der Waals surface area contributed by atoms with Gasteiger partial charge in [0, 0.05) is 23.9 Å². The molecule has 0 aromatic heterocycles. The first kappa shape index (κ1) is 29.8. The summed E-state index contributed by atoms with van der Waals surface area (Å²) in [7, 11) is 0. The first-order valence-corrected chi connectivity index (χ1v) is 14.4. The zero-order valence-corrected chi connectivity index (χ0v) is 24.6. The van der Waals surface area contributed by atoms with E-state index in [1.807, 2.05) is 24.3 Å². The van der Waals surface area contributed by atoms with Crippen LogP contribution >= 0.6 is 0 Å². The van der Waals surface area contributed by atoms with Crippen LogP contribution in [0.25, 0.3) is 11.1 Å². The molecule has 2 unspecified atom stereocenters. The highest BCUT2D eigenvalue weighted by atomic mass is 16.3. The van der Waals surface area contributed by atoms with Gasteiger partial charge < -0.3 is 21.7 Å². The molecule has 0 radical (unpaired) electrons. The predicted octanol–water partition coefficient (Wildman–Crippen LogP) is 2.63. The van der Waals surface area contributed by atoms with Gasteiger partial charge in [0.25, 0.3) is 0 Å². The number of phenolic OH excluding ortho intramolecular Hbond substituents is 1. The fourth-order valence-corrected chi connectivity index (χ4v) is 7.54. The van der Waals surface area contributed by atoms with E-state index in [0.717, 1.165) is 11.1 Å². The van der Waals surface area contributed by atoms with Crippen LogP contribution in [-0.4, -0.2) is 44.9 Å². The molecule has 222 valence electrons. The number of nitrogens with two attached hydrogens (primary N) is 2. The molecular formula is C33H38N2O7. The first-order valence-electron chi connectivity index (χ1n) is 14.4. The minimum atomic E-state index is -2.72. The highest BCUT2D eigenvalue weighted by Gasteiger charge is 2.69. The molecule has 3 aliphatic carbocycles. The lowest BCUT2D eigenvalue weighted by molar-refractivity contribution is -0.182. The number of rotatable bonds is 4. The second-order valence-corrected chi connectivity index (χ2v) is 13.5. The number of ketones is 4. The van der Waals surface area contributed by atoms with Crippen molar-refractivity contribution in [2.24, 2.45) is 47.0 Å². The van der Waals surface area contributed by atoms with Crippen LogP contribution in [0.5, 0.6) is 5.75 Å². The fourth-order valence-electron chi connectivity index (χ4n) is 7.54. The summed E-state index contributed by atoms with van der Waals surface area (Å²) in [6.45, 7) is 9.70. The quantitative estimate of drug-likeness (QED) is 0.403. The normalized spacial score (nSPS) is 29.3. The maximum Gasteiger partial charge on any atom is 0.235 e. The van der Waals surface area contributed by atoms with Crippen LogP contribution in [0.2, 0.25) is 0 Å². The minimum absolute atomic E-state index is 0.0334. The van der Waals surface area contributed by atoms with Gasteiger partial charge in [-0.15, -0.1) is 0 Å². The summed E-state index contributed by atoms with van der Waals surface area (Å²) in [6.07, 6.45) is 0.233. The number of amides is 1. The van der Waals surface area contributed by atoms with Crippen LogP contribution < -0.4 is 11.5 Å². The molecule has 0 spiro atoms. The van der Waals surface area contributed by atoms with Crippen LogP contribution in [0.3, 0.4) is 0 Å². The summed E-state index contributed by atoms with van der Waals surface area (Å²) >= 11 is 0. The molecule has 2 aromatic carbocycles. The molecule has 5 rings (SSSR count). The Morgan fingerprint density at radius 1 is 1.07 bits per heavy atom. The van der Waals surface area contributed by atoms with E-state index in [4.69, 9.17) is 11.5 Å². The van der Waals surface area contributed by atoms with Crippen molar-refractivity contribution >= 4 is 29.0 Å². The number of aliphatic hydroxyl groups is 1. The molecule has 0 bridgehead atoms. The SMILES string of the molecule is CC(C)[C@@H]1C(=O)C(C(N)=O)C(=O)[C@@]2(O)C(=O)C3C(=O)c4c(O)c(CN)cc(-c5ccc(C(C)(C)C)cc5)c4C[C@H]3C[C@@H]12. The van der Waals surface area contributed by atoms with Gasteiger partial charge in [-0.05, 0) is 58.4 Å². The first-order chi connectivity index (χ1) is 19.5. The van der Waals surface area contributed by atoms with E-state index >= 15 is 0 Å². The minimum Gasteiger partial charge on any atom is -0.507 e. The molecule has 2 aromatic rings. The number of aromatic hydroxyl groups is 1. The third-order valence-electron chi connectivity index (χ3n) is 9.67. The van der Waals surface area contributed by atoms with E-state index < -0.39 is 70.1 Å². The van der Waals surface area contributed by atoms with E-state index in [-0.39, 0.29) is 36.1 Å². The predicted molar refractivity (Wildman–Crippen MR) is 154 cm³/mol. The van der Waals surface area contributed by atoms with Crippen molar-refractivity contribution in [3.8, 4) is 16.9 Å². The number of phenols is 1. The summed E-state index contributed by atoms with van der Waals surface area (Å²) in [6, 6.07) is 9.68. The van der Waals surface area contributed by atoms with E-state index in [2.05, 4.69) is 20.8 Å². The average molecular weight is 575 g/mol. The zero-order chi connectivity index (χ0) is 31.0. The van der Waals surface area contributed by atoms with Gasteiger partial charge in [-0.25, -0.2) is 0 Å². The molecule has 42 heavy (non-hydrogen) atoms. The molecule has 0 saturated heterocycles. The van der Waals surface area contributed by atoms with E-state index in [0.29, 0.717) is 16.7 Å². The van der Waals surface area contributed by atoms with Gasteiger partial charge in [0.05, 0.1) is 11.5 Å². The molecule has 9 nitrogen and oxygen atoms in total. The summed E-state index contributed by atoms with van der Waals surface area (Å²) in [5.74, 6) is -11.8. The Hall–Kier alpha value is -3.69. The molecule has 6 N–H and O–H groups in total. The smallest absolute Gasteiger partial charge is 0.235 e. The lowest BCUT2D eigenvalue weighted by atomic mass is 9.49. The number of hydrogen-bond donors (Lipinski definition) is 4. The third-order valence-corrected chi connectivity index (χ3v) is 9.67. The van der Waals surface area contributed by atoms with Gasteiger partial charge in [0.15, 0.2) is 34.7 Å². The Balaban J connectivity index is 1.67. The summed E-state index contributed by atoms with van der Waals surface area (Å²) in [5.41, 5.74) is 12.0. The molecule has 1 amide bonds. The third kappa shape index (κ3) is 4.16. The van der Waals surface area contributed by atoms with Crippen LogP contribution in [0, 0.1) is 35.5 Å². The lowest BCUT2D eigenvalue weighted by Gasteiger charge is -2.52. The van der Waals surface area contributed by atoms with Crippen LogP contribution in [-0.2, 0) is 37.6 Å². The van der Waals surface area contributed by atoms with Gasteiger partial charge in [0.1, 0.15) is 5.75 Å². The van der Waals surface area contributed by atoms with Crippen LogP contribution in [0.15, 0.2) is 30.3 Å². The number of carbonyl (C=O) groups excluding carboxylic acids is 5. The standard InChI is InChI=1S/C33H38N2O7/c1-14(2)22-21-12-16-10-20-19(15-6-8-18(9-7-15)32(3,4)5)11-17(13-34)26(36)24(20)28(38)23(16)29(39)33(21,42)30(40)25(27(22)37)31(35)41/h6-9,11,14,16,21-23,25,36,42H,10,12-13,34H2,1-5H3,(H2,35,41)/t16-,21-,22-,23?,25?,33-/m0/s1. The van der Waals surface area contributed by atoms with Crippen molar-refractivity contribution in [2.75, 3.05) is 0 Å². The van der Waals surface area contributed by atoms with Crippen molar-refractivity contribution in [1.29, 1.82) is 0 Å². The van der Waals surface area contributed by atoms with E-state index in [1.165, 1.54) is 0 Å². The Bertz CT molecular complexity index is 1530. The molecule has 3 aliphatic rings. The Morgan fingerprint density at radius 2 is 1.69 bits per heavy atom. The van der Waals surface area contributed by atoms with Crippen LogP contribution in [0.1, 0.15) is 68.1 Å². The fraction of sp³-hybridized carbons (Fsp3) is 0.485. The molecular weight excluding hydrogens is 536 g/mol. The van der Waals surface area contributed by atoms with Gasteiger partial charge >= 0.3 is 0 Å². The van der Waals surface area contributed by atoms with Crippen molar-refractivity contribution < 1.29 is 34.2 Å². The van der Waals surface area contributed by atoms with Gasteiger partial charge in [0.2, 0.25) is 5.91 Å². The van der Waals surface area contributed by atoms with E-state index in [1.54, 1.807) is 19.9 Å². The lowest BCUT2D eigenvalue weighted by Crippen LogP contribution is -2.71. The number of hydrogen-bond acceptors (Lipinski definition) is 8. The molecule has 9 heteroatoms. The van der Waals surface area contributed by atoms with Crippen LogP contribution in [0.4, 0.5) is 0 Å². The Morgan fingerprint density at radius 3 is 2.21 bits per heavy atom. The maximum atomic E-state index is 14.1. The second kappa shape index (κ2) is 9.95. The Labute approximate surface area is 244 Å². The maximum absolute atomic E-state index is 14.1. The number of primary amides is 1. The summed E-state index contributed by atoms with van der Waals surface area (Å²) in [5, 5.41) is 23.0. The zero-order valence-electron chi connectivity index (χ0n) is 24.6. The Kier molecular flexibility index (Phi) is 7.06. The molecule has 0 aliphatic heterocycles. The number of fused-ring (bicyclic) bond motifs is 3. The molecule has 2 saturated carbocycles. The summed E-state index contributed by atoms with van der Waals surface area (Å²) < 4.78 is 0. The number of carbonyl (C=O) groups is 5. The van der Waals surface area contributed by atoms with Crippen molar-refractivity contribution in [1.82, 2.24) is 0 Å². The summed E-state index contributed by atoms with van der Waals surface area (Å²) in [4.78, 5) is 67.2. The van der Waals surface area contributed by atoms with Gasteiger partial charge in [-0.2, -0.15) is 0 Å². The van der Waals surface area contributed by atoms with Gasteiger partial charge in [-0.1, -0.05) is 58.9 Å². The molecule has 2 fully saturated rings. The monoisotopic (exact) mass is 574 g/mol. The van der Waals surface area contributed by atoms with E-state index in [9.17, 15) is 34.2 Å². The van der Waals surface area contributed by atoms with Crippen molar-refractivity contribution in [2.45, 2.75) is 65.0 Å². The van der Waals surface area contributed by atoms with Crippen molar-refractivity contribution in [3.63, 3.8) is 0 Å². The van der Waals surface area contributed by atoms with Crippen molar-refractivity contribution in [3.05, 3.63) is 52.6 Å². The second-order valence-electron chi connectivity index (χ2n) is 13.5. The molecule has 6 atom stereocenters. The van der Waals surface area contributed by atoms with Gasteiger partial charge in [-0.3, -0.25) is 24.0 Å². The average Bonchev–Trinajstić information content (AvgIpc) is 2.90. The number of Topliss-reactive ketones (excluding diaryl/α,β-unsaturated/α-hetero) is 4. The topological polar surface area (TPSA) is 178 Å². The highest BCUT2D eigenvalue weighted by molar-refractivity contribution is 6.32. The highest BCUT2D eigenvalue weighted by Crippen LogP contribution is 2.54. The largest absolute Gasteiger partial charge is 0.507 e. The number of benzene rings is 2. The molecule has 0 heterocycles.